The molecule has 1 aliphatic heterocycles. The number of hydrogen-bond donors (Lipinski definition) is 0. The largest absolute Gasteiger partial charge is 0.497 e. The van der Waals surface area contributed by atoms with Gasteiger partial charge in [-0.1, -0.05) is 36.4 Å². The van der Waals surface area contributed by atoms with Gasteiger partial charge in [0.2, 0.25) is 0 Å². The van der Waals surface area contributed by atoms with Crippen LogP contribution in [0.4, 0.5) is 0 Å². The average molecular weight is 377 g/mol. The van der Waals surface area contributed by atoms with Gasteiger partial charge in [-0.3, -0.25) is 4.90 Å². The third-order valence-corrected chi connectivity index (χ3v) is 5.43. The molecule has 0 saturated carbocycles. The SMILES string of the molecule is COCCn1ccnc1[C@H]1CN(Cc2ccc(OC)cc2)Cc2ccccc21. The molecule has 3 aromatic rings. The molecular formula is C23H27N3O2. The number of methoxy groups -OCH3 is 2. The fourth-order valence-corrected chi connectivity index (χ4v) is 4.02. The van der Waals surface area contributed by atoms with Gasteiger partial charge in [0.15, 0.2) is 0 Å². The van der Waals surface area contributed by atoms with Crippen molar-refractivity contribution >= 4 is 0 Å². The second-order valence-electron chi connectivity index (χ2n) is 7.24. The lowest BCUT2D eigenvalue weighted by Gasteiger charge is -2.34. The molecule has 2 aromatic carbocycles. The van der Waals surface area contributed by atoms with Gasteiger partial charge in [0, 0.05) is 45.7 Å². The van der Waals surface area contributed by atoms with Gasteiger partial charge >= 0.3 is 0 Å². The maximum absolute atomic E-state index is 5.28. The molecule has 146 valence electrons. The third-order valence-electron chi connectivity index (χ3n) is 5.43. The number of rotatable bonds is 7. The number of imidazole rings is 1. The Hall–Kier alpha value is -2.63. The third kappa shape index (κ3) is 3.96. The Kier molecular flexibility index (Phi) is 5.74. The van der Waals surface area contributed by atoms with Crippen LogP contribution in [0.25, 0.3) is 0 Å². The Morgan fingerprint density at radius 2 is 1.89 bits per heavy atom. The summed E-state index contributed by atoms with van der Waals surface area (Å²) in [6.07, 6.45) is 3.95. The summed E-state index contributed by atoms with van der Waals surface area (Å²) in [4.78, 5) is 7.22. The predicted molar refractivity (Wildman–Crippen MR) is 109 cm³/mol. The van der Waals surface area contributed by atoms with Crippen LogP contribution in [0, 0.1) is 0 Å². The smallest absolute Gasteiger partial charge is 0.118 e. The lowest BCUT2D eigenvalue weighted by Crippen LogP contribution is -2.35. The van der Waals surface area contributed by atoms with Gasteiger partial charge in [0.05, 0.1) is 19.6 Å². The van der Waals surface area contributed by atoms with Crippen molar-refractivity contribution in [3.63, 3.8) is 0 Å². The number of ether oxygens (including phenoxy) is 2. The van der Waals surface area contributed by atoms with Gasteiger partial charge < -0.3 is 14.0 Å². The van der Waals surface area contributed by atoms with E-state index in [1.165, 1.54) is 16.7 Å². The van der Waals surface area contributed by atoms with Gasteiger partial charge in [-0.25, -0.2) is 4.98 Å². The Balaban J connectivity index is 1.60. The molecule has 0 amide bonds. The van der Waals surface area contributed by atoms with Crippen LogP contribution in [-0.4, -0.2) is 41.8 Å². The Labute approximate surface area is 166 Å². The molecule has 1 aliphatic rings. The number of hydrogen-bond acceptors (Lipinski definition) is 4. The quantitative estimate of drug-likeness (QED) is 0.630. The van der Waals surface area contributed by atoms with E-state index in [-0.39, 0.29) is 5.92 Å². The van der Waals surface area contributed by atoms with Crippen LogP contribution in [-0.2, 0) is 24.4 Å². The van der Waals surface area contributed by atoms with E-state index >= 15 is 0 Å². The zero-order chi connectivity index (χ0) is 19.3. The molecule has 4 rings (SSSR count). The summed E-state index contributed by atoms with van der Waals surface area (Å²) in [5, 5.41) is 0. The Morgan fingerprint density at radius 1 is 1.07 bits per heavy atom. The fraction of sp³-hybridized carbons (Fsp3) is 0.348. The van der Waals surface area contributed by atoms with Crippen molar-refractivity contribution in [3.8, 4) is 5.75 Å². The molecular weight excluding hydrogens is 350 g/mol. The Morgan fingerprint density at radius 3 is 2.68 bits per heavy atom. The van der Waals surface area contributed by atoms with Crippen LogP contribution in [0.3, 0.4) is 0 Å². The van der Waals surface area contributed by atoms with Crippen LogP contribution in [0.5, 0.6) is 5.75 Å². The van der Waals surface area contributed by atoms with E-state index in [9.17, 15) is 0 Å². The average Bonchev–Trinajstić information content (AvgIpc) is 3.20. The van der Waals surface area contributed by atoms with Crippen LogP contribution in [0.15, 0.2) is 60.9 Å². The molecule has 5 heteroatoms. The van der Waals surface area contributed by atoms with Crippen molar-refractivity contribution in [1.82, 2.24) is 14.5 Å². The monoisotopic (exact) mass is 377 g/mol. The lowest BCUT2D eigenvalue weighted by atomic mass is 9.88. The lowest BCUT2D eigenvalue weighted by molar-refractivity contribution is 0.184. The highest BCUT2D eigenvalue weighted by Gasteiger charge is 2.29. The second kappa shape index (κ2) is 8.59. The maximum Gasteiger partial charge on any atom is 0.118 e. The molecule has 0 fully saturated rings. The highest BCUT2D eigenvalue weighted by atomic mass is 16.5. The van der Waals surface area contributed by atoms with E-state index in [0.29, 0.717) is 6.61 Å². The molecule has 5 nitrogen and oxygen atoms in total. The van der Waals surface area contributed by atoms with Crippen LogP contribution >= 0.6 is 0 Å². The van der Waals surface area contributed by atoms with E-state index in [0.717, 1.165) is 37.8 Å². The molecule has 0 N–H and O–H groups in total. The molecule has 1 atom stereocenters. The van der Waals surface area contributed by atoms with Crippen LogP contribution in [0.1, 0.15) is 28.4 Å². The van der Waals surface area contributed by atoms with Crippen molar-refractivity contribution in [2.45, 2.75) is 25.6 Å². The number of benzene rings is 2. The van der Waals surface area contributed by atoms with Gasteiger partial charge in [-0.15, -0.1) is 0 Å². The molecule has 0 aliphatic carbocycles. The Bertz CT molecular complexity index is 904. The minimum Gasteiger partial charge on any atom is -0.497 e. The van der Waals surface area contributed by atoms with Gasteiger partial charge in [-0.05, 0) is 28.8 Å². The van der Waals surface area contributed by atoms with Crippen molar-refractivity contribution in [2.75, 3.05) is 27.4 Å². The van der Waals surface area contributed by atoms with Crippen molar-refractivity contribution in [1.29, 1.82) is 0 Å². The summed E-state index contributed by atoms with van der Waals surface area (Å²) >= 11 is 0. The van der Waals surface area contributed by atoms with Crippen molar-refractivity contribution < 1.29 is 9.47 Å². The molecule has 1 aromatic heterocycles. The topological polar surface area (TPSA) is 39.5 Å². The first-order valence-corrected chi connectivity index (χ1v) is 9.71. The molecule has 0 radical (unpaired) electrons. The summed E-state index contributed by atoms with van der Waals surface area (Å²) in [6.45, 7) is 4.33. The van der Waals surface area contributed by atoms with E-state index < -0.39 is 0 Å². The normalized spacial score (nSPS) is 16.7. The molecule has 0 saturated heterocycles. The summed E-state index contributed by atoms with van der Waals surface area (Å²) < 4.78 is 12.8. The number of aromatic nitrogens is 2. The number of nitrogens with zero attached hydrogens (tertiary/aromatic N) is 3. The first kappa shape index (κ1) is 18.7. The molecule has 28 heavy (non-hydrogen) atoms. The molecule has 0 bridgehead atoms. The van der Waals surface area contributed by atoms with E-state index in [4.69, 9.17) is 14.5 Å². The minimum absolute atomic E-state index is 0.259. The van der Waals surface area contributed by atoms with Gasteiger partial charge in [0.1, 0.15) is 11.6 Å². The molecule has 0 unspecified atom stereocenters. The van der Waals surface area contributed by atoms with Crippen LogP contribution < -0.4 is 4.74 Å². The van der Waals surface area contributed by atoms with Gasteiger partial charge in [0.25, 0.3) is 0 Å². The van der Waals surface area contributed by atoms with Crippen LogP contribution in [0.2, 0.25) is 0 Å². The van der Waals surface area contributed by atoms with E-state index in [1.54, 1.807) is 14.2 Å². The van der Waals surface area contributed by atoms with Crippen molar-refractivity contribution in [3.05, 3.63) is 83.4 Å². The van der Waals surface area contributed by atoms with Crippen molar-refractivity contribution in [2.24, 2.45) is 0 Å². The summed E-state index contributed by atoms with van der Waals surface area (Å²) in [5.41, 5.74) is 4.06. The first-order valence-electron chi connectivity index (χ1n) is 9.71. The minimum atomic E-state index is 0.259. The second-order valence-corrected chi connectivity index (χ2v) is 7.24. The highest BCUT2D eigenvalue weighted by molar-refractivity contribution is 5.37. The summed E-state index contributed by atoms with van der Waals surface area (Å²) in [6, 6.07) is 17.1. The van der Waals surface area contributed by atoms with E-state index in [1.807, 2.05) is 18.3 Å². The first-order chi connectivity index (χ1) is 13.8. The summed E-state index contributed by atoms with van der Waals surface area (Å²) in [5.74, 6) is 2.27. The zero-order valence-electron chi connectivity index (χ0n) is 16.5. The highest BCUT2D eigenvalue weighted by Crippen LogP contribution is 2.33. The standard InChI is InChI=1S/C23H27N3O2/c1-27-14-13-26-12-11-24-23(26)22-17-25(16-19-5-3-4-6-21(19)22)15-18-7-9-20(28-2)10-8-18/h3-12,22H,13-17H2,1-2H3/t22-/m0/s1. The number of fused-ring (bicyclic) bond motifs is 1. The zero-order valence-corrected chi connectivity index (χ0v) is 16.5. The van der Waals surface area contributed by atoms with Gasteiger partial charge in [-0.2, -0.15) is 0 Å². The molecule has 2 heterocycles. The fourth-order valence-electron chi connectivity index (χ4n) is 4.02. The van der Waals surface area contributed by atoms with E-state index in [2.05, 4.69) is 52.1 Å². The maximum atomic E-state index is 5.28. The molecule has 0 spiro atoms. The summed E-state index contributed by atoms with van der Waals surface area (Å²) in [7, 11) is 3.44. The predicted octanol–water partition coefficient (Wildman–Crippen LogP) is 3.69.